The highest BCUT2D eigenvalue weighted by molar-refractivity contribution is 6.04. The predicted octanol–water partition coefficient (Wildman–Crippen LogP) is 5.79. The molecule has 0 bridgehead atoms. The smallest absolute Gasteiger partial charge is 0.274 e. The zero-order valence-electron chi connectivity index (χ0n) is 16.8. The molecule has 2 heterocycles. The highest BCUT2D eigenvalue weighted by atomic mass is 16.3. The van der Waals surface area contributed by atoms with E-state index in [1.165, 1.54) is 0 Å². The summed E-state index contributed by atoms with van der Waals surface area (Å²) in [4.78, 5) is 17.1. The van der Waals surface area contributed by atoms with Crippen LogP contribution in [0.2, 0.25) is 0 Å². The molecule has 3 aromatic rings. The van der Waals surface area contributed by atoms with Crippen LogP contribution in [-0.2, 0) is 6.54 Å². The Morgan fingerprint density at radius 2 is 1.71 bits per heavy atom. The van der Waals surface area contributed by atoms with Crippen LogP contribution in [0.1, 0.15) is 66.9 Å². The molecule has 0 atom stereocenters. The molecular weight excluding hydrogens is 350 g/mol. The van der Waals surface area contributed by atoms with Crippen LogP contribution in [0, 0.1) is 0 Å². The van der Waals surface area contributed by atoms with Gasteiger partial charge in [0.25, 0.3) is 5.91 Å². The van der Waals surface area contributed by atoms with Crippen LogP contribution in [0.4, 0.5) is 11.4 Å². The third kappa shape index (κ3) is 4.60. The van der Waals surface area contributed by atoms with Gasteiger partial charge in [-0.25, -0.2) is 4.98 Å². The van der Waals surface area contributed by atoms with E-state index < -0.39 is 0 Å². The maximum absolute atomic E-state index is 12.8. The molecule has 2 N–H and O–H groups in total. The van der Waals surface area contributed by atoms with Crippen molar-refractivity contribution < 1.29 is 9.21 Å². The summed E-state index contributed by atoms with van der Waals surface area (Å²) in [7, 11) is 0. The van der Waals surface area contributed by atoms with Crippen molar-refractivity contribution >= 4 is 17.3 Å². The van der Waals surface area contributed by atoms with Gasteiger partial charge in [0.15, 0.2) is 0 Å². The molecule has 28 heavy (non-hydrogen) atoms. The quantitative estimate of drug-likeness (QED) is 0.547. The molecule has 0 aliphatic heterocycles. The van der Waals surface area contributed by atoms with E-state index in [2.05, 4.69) is 61.5 Å². The maximum atomic E-state index is 12.8. The summed E-state index contributed by atoms with van der Waals surface area (Å²) >= 11 is 0. The van der Waals surface area contributed by atoms with Crippen LogP contribution in [0.5, 0.6) is 0 Å². The minimum absolute atomic E-state index is 0.201. The van der Waals surface area contributed by atoms with Crippen molar-refractivity contribution in [3.8, 4) is 0 Å². The Balaban J connectivity index is 1.74. The zero-order chi connectivity index (χ0) is 20.1. The molecule has 5 heteroatoms. The zero-order valence-corrected chi connectivity index (χ0v) is 16.8. The average molecular weight is 377 g/mol. The lowest BCUT2D eigenvalue weighted by Crippen LogP contribution is -2.17. The van der Waals surface area contributed by atoms with Crippen molar-refractivity contribution in [1.82, 2.24) is 4.98 Å². The maximum Gasteiger partial charge on any atom is 0.274 e. The number of nitrogens with zero attached hydrogens (tertiary/aromatic N) is 1. The summed E-state index contributed by atoms with van der Waals surface area (Å²) < 4.78 is 5.30. The van der Waals surface area contributed by atoms with Gasteiger partial charge in [-0.3, -0.25) is 4.79 Å². The number of pyridine rings is 1. The minimum Gasteiger partial charge on any atom is -0.467 e. The number of benzene rings is 1. The molecule has 0 spiro atoms. The highest BCUT2D eigenvalue weighted by Gasteiger charge is 2.17. The Labute approximate surface area is 166 Å². The molecule has 5 nitrogen and oxygen atoms in total. The van der Waals surface area contributed by atoms with E-state index in [0.717, 1.165) is 28.3 Å². The molecule has 0 fully saturated rings. The number of anilines is 2. The van der Waals surface area contributed by atoms with Gasteiger partial charge in [0.05, 0.1) is 24.7 Å². The van der Waals surface area contributed by atoms with Gasteiger partial charge in [0, 0.05) is 5.69 Å². The summed E-state index contributed by atoms with van der Waals surface area (Å²) in [5, 5.41) is 6.32. The summed E-state index contributed by atoms with van der Waals surface area (Å²) in [6.07, 6.45) is 3.30. The van der Waals surface area contributed by atoms with Crippen LogP contribution in [0.3, 0.4) is 0 Å². The van der Waals surface area contributed by atoms with Gasteiger partial charge in [-0.1, -0.05) is 45.9 Å². The van der Waals surface area contributed by atoms with Gasteiger partial charge in [0.1, 0.15) is 11.5 Å². The molecule has 0 aliphatic carbocycles. The fourth-order valence-electron chi connectivity index (χ4n) is 3.11. The number of furan rings is 1. The number of nitrogens with one attached hydrogen (secondary N) is 2. The summed E-state index contributed by atoms with van der Waals surface area (Å²) in [5.41, 5.74) is 4.39. The van der Waals surface area contributed by atoms with Crippen molar-refractivity contribution in [2.45, 2.75) is 46.1 Å². The summed E-state index contributed by atoms with van der Waals surface area (Å²) in [6, 6.07) is 13.5. The van der Waals surface area contributed by atoms with E-state index in [1.54, 1.807) is 18.5 Å². The van der Waals surface area contributed by atoms with Crippen LogP contribution >= 0.6 is 0 Å². The lowest BCUT2D eigenvalue weighted by Gasteiger charge is -2.20. The van der Waals surface area contributed by atoms with E-state index >= 15 is 0 Å². The van der Waals surface area contributed by atoms with Gasteiger partial charge in [0.2, 0.25) is 0 Å². The van der Waals surface area contributed by atoms with Crippen LogP contribution in [-0.4, -0.2) is 10.9 Å². The standard InChI is InChI=1S/C23H27N3O2/c1-15(2)19-8-5-9-20(16(3)4)22(19)26-23(27)21-11-10-17(13-25-21)24-14-18-7-6-12-28-18/h5-13,15-16,24H,14H2,1-4H3,(H,26,27). The highest BCUT2D eigenvalue weighted by Crippen LogP contribution is 2.32. The number of para-hydroxylation sites is 1. The second kappa shape index (κ2) is 8.74. The molecule has 0 saturated heterocycles. The van der Waals surface area contributed by atoms with E-state index in [0.29, 0.717) is 24.1 Å². The Hall–Kier alpha value is -3.08. The molecule has 2 aromatic heterocycles. The first-order valence-electron chi connectivity index (χ1n) is 9.62. The van der Waals surface area contributed by atoms with Crippen molar-refractivity contribution in [2.24, 2.45) is 0 Å². The molecular formula is C23H27N3O2. The molecule has 0 aliphatic rings. The molecule has 146 valence electrons. The first-order chi connectivity index (χ1) is 13.5. The predicted molar refractivity (Wildman–Crippen MR) is 113 cm³/mol. The molecule has 0 unspecified atom stereocenters. The fourth-order valence-corrected chi connectivity index (χ4v) is 3.11. The number of aromatic nitrogens is 1. The first-order valence-corrected chi connectivity index (χ1v) is 9.62. The van der Waals surface area contributed by atoms with E-state index in [1.807, 2.05) is 18.2 Å². The van der Waals surface area contributed by atoms with Crippen LogP contribution in [0.25, 0.3) is 0 Å². The second-order valence-electron chi connectivity index (χ2n) is 7.44. The number of carbonyl (C=O) groups is 1. The topological polar surface area (TPSA) is 67.2 Å². The second-order valence-corrected chi connectivity index (χ2v) is 7.44. The van der Waals surface area contributed by atoms with E-state index in [-0.39, 0.29) is 5.91 Å². The minimum atomic E-state index is -0.201. The number of rotatable bonds is 7. The summed E-state index contributed by atoms with van der Waals surface area (Å²) in [6.45, 7) is 9.10. The first kappa shape index (κ1) is 19.7. The Morgan fingerprint density at radius 1 is 1.00 bits per heavy atom. The third-order valence-electron chi connectivity index (χ3n) is 4.65. The van der Waals surface area contributed by atoms with Gasteiger partial charge in [-0.15, -0.1) is 0 Å². The number of carbonyl (C=O) groups excluding carboxylic acids is 1. The van der Waals surface area contributed by atoms with Crippen molar-refractivity contribution in [2.75, 3.05) is 10.6 Å². The summed E-state index contributed by atoms with van der Waals surface area (Å²) in [5.74, 6) is 1.27. The van der Waals surface area contributed by atoms with Crippen LogP contribution in [0.15, 0.2) is 59.3 Å². The lowest BCUT2D eigenvalue weighted by molar-refractivity contribution is 0.102. The average Bonchev–Trinajstić information content (AvgIpc) is 3.20. The Morgan fingerprint density at radius 3 is 2.25 bits per heavy atom. The Bertz CT molecular complexity index is 887. The fraction of sp³-hybridized carbons (Fsp3) is 0.304. The third-order valence-corrected chi connectivity index (χ3v) is 4.65. The number of hydrogen-bond donors (Lipinski definition) is 2. The van der Waals surface area contributed by atoms with Gasteiger partial charge in [-0.2, -0.15) is 0 Å². The van der Waals surface area contributed by atoms with E-state index in [4.69, 9.17) is 4.42 Å². The van der Waals surface area contributed by atoms with Crippen molar-refractivity contribution in [3.05, 3.63) is 77.5 Å². The Kier molecular flexibility index (Phi) is 6.14. The molecule has 0 radical (unpaired) electrons. The van der Waals surface area contributed by atoms with Crippen LogP contribution < -0.4 is 10.6 Å². The van der Waals surface area contributed by atoms with Crippen molar-refractivity contribution in [1.29, 1.82) is 0 Å². The largest absolute Gasteiger partial charge is 0.467 e. The van der Waals surface area contributed by atoms with Gasteiger partial charge in [-0.05, 0) is 47.2 Å². The molecule has 0 saturated carbocycles. The molecule has 1 amide bonds. The molecule has 1 aromatic carbocycles. The van der Waals surface area contributed by atoms with Crippen molar-refractivity contribution in [3.63, 3.8) is 0 Å². The van der Waals surface area contributed by atoms with Gasteiger partial charge >= 0.3 is 0 Å². The normalized spacial score (nSPS) is 11.1. The SMILES string of the molecule is CC(C)c1cccc(C(C)C)c1NC(=O)c1ccc(NCc2ccco2)cn1. The lowest BCUT2D eigenvalue weighted by atomic mass is 9.92. The van der Waals surface area contributed by atoms with Gasteiger partial charge < -0.3 is 15.1 Å². The van der Waals surface area contributed by atoms with E-state index in [9.17, 15) is 4.79 Å². The number of amides is 1. The molecule has 3 rings (SSSR count). The monoisotopic (exact) mass is 377 g/mol. The number of hydrogen-bond acceptors (Lipinski definition) is 4.